The average molecular weight is 798 g/mol. The Morgan fingerprint density at radius 2 is 0.473 bits per heavy atom. The van der Waals surface area contributed by atoms with E-state index in [9.17, 15) is 21.6 Å². The first kappa shape index (κ1) is 37.7. The van der Waals surface area contributed by atoms with Crippen molar-refractivity contribution in [3.05, 3.63) is 247 Å². The smallest absolute Gasteiger partial charge is 0.464 e. The van der Waals surface area contributed by atoms with E-state index in [1.807, 2.05) is 121 Å². The van der Waals surface area contributed by atoms with E-state index < -0.39 is 0 Å². The summed E-state index contributed by atoms with van der Waals surface area (Å²) in [6, 6.07) is 51.1. The second kappa shape index (κ2) is 17.6. The van der Waals surface area contributed by atoms with Gasteiger partial charge < -0.3 is 52.2 Å². The molecule has 0 saturated carbocycles. The van der Waals surface area contributed by atoms with Crippen molar-refractivity contribution >= 4 is 46.7 Å². The van der Waals surface area contributed by atoms with Crippen LogP contribution in [0.4, 0.5) is 0 Å². The van der Waals surface area contributed by atoms with Gasteiger partial charge in [-0.25, -0.2) is 0 Å². The maximum atomic E-state index is 10.3. The number of benzene rings is 6. The van der Waals surface area contributed by atoms with Crippen molar-refractivity contribution in [1.29, 1.82) is 0 Å². The van der Waals surface area contributed by atoms with Crippen LogP contribution in [0.3, 0.4) is 0 Å². The van der Waals surface area contributed by atoms with Crippen LogP contribution in [0.2, 0.25) is 0 Å². The number of fused-ring (bicyclic) bond motifs is 2. The minimum absolute atomic E-state index is 0. The molecule has 0 spiro atoms. The summed E-state index contributed by atoms with van der Waals surface area (Å²) in [7, 11) is 0. The third kappa shape index (κ3) is 8.93. The molecule has 0 unspecified atom stereocenters. The number of nitrogens with zero attached hydrogens (tertiary/aromatic N) is 10. The third-order valence-corrected chi connectivity index (χ3v) is 8.22. The number of aliphatic imine (C=N–C) groups is 4. The van der Waals surface area contributed by atoms with E-state index >= 15 is 0 Å². The van der Waals surface area contributed by atoms with E-state index in [0.717, 1.165) is 22.3 Å². The molecule has 0 N–H and O–H groups in total. The predicted octanol–water partition coefficient (Wildman–Crippen LogP) is 9.20. The van der Waals surface area contributed by atoms with Gasteiger partial charge in [-0.3, -0.25) is 0 Å². The molecule has 0 saturated heterocycles. The van der Waals surface area contributed by atoms with Crippen LogP contribution in [0.1, 0.15) is 44.5 Å². The van der Waals surface area contributed by atoms with Gasteiger partial charge in [0.25, 0.3) is 0 Å². The molecule has 0 fully saturated rings. The first-order valence-electron chi connectivity index (χ1n) is 16.9. The van der Waals surface area contributed by atoms with Crippen LogP contribution in [-0.2, 0) is 19.5 Å². The summed E-state index contributed by atoms with van der Waals surface area (Å²) in [5, 5.41) is 50.2. The predicted molar refractivity (Wildman–Crippen MR) is 221 cm³/mol. The van der Waals surface area contributed by atoms with Crippen molar-refractivity contribution in [2.75, 3.05) is 0 Å². The van der Waals surface area contributed by atoms with Gasteiger partial charge in [0.15, 0.2) is 0 Å². The van der Waals surface area contributed by atoms with Gasteiger partial charge in [0.05, 0.1) is 0 Å². The molecule has 0 radical (unpaired) electrons. The van der Waals surface area contributed by atoms with Crippen molar-refractivity contribution in [2.24, 2.45) is 20.0 Å². The Morgan fingerprint density at radius 1 is 0.291 bits per heavy atom. The summed E-state index contributed by atoms with van der Waals surface area (Å²) >= 11 is 0. The van der Waals surface area contributed by atoms with Crippen molar-refractivity contribution in [1.82, 2.24) is 0 Å². The molecule has 262 valence electrons. The van der Waals surface area contributed by atoms with Gasteiger partial charge in [-0.05, 0) is 67.9 Å². The van der Waals surface area contributed by atoms with Crippen LogP contribution in [0.25, 0.3) is 32.3 Å². The first-order valence-corrected chi connectivity index (χ1v) is 16.9. The maximum Gasteiger partial charge on any atom is 6.00 e. The summed E-state index contributed by atoms with van der Waals surface area (Å²) in [5.74, 6) is 0.919. The fraction of sp³-hybridized carbons (Fsp3) is 0. The molecular formula is C44H28N10Ru. The molecule has 2 aliphatic heterocycles. The van der Waals surface area contributed by atoms with Crippen molar-refractivity contribution in [2.45, 2.75) is 0 Å². The minimum atomic E-state index is -0.123. The summed E-state index contributed by atoms with van der Waals surface area (Å²) in [6.07, 6.45) is 0. The molecule has 0 aliphatic carbocycles. The summed E-state index contributed by atoms with van der Waals surface area (Å²) in [5.41, 5.74) is 5.39. The van der Waals surface area contributed by atoms with E-state index in [1.165, 1.54) is 0 Å². The van der Waals surface area contributed by atoms with Crippen LogP contribution in [0.15, 0.2) is 190 Å². The molecule has 11 heteroatoms. The van der Waals surface area contributed by atoms with E-state index in [2.05, 4.69) is 30.6 Å². The van der Waals surface area contributed by atoms with Gasteiger partial charge in [-0.1, -0.05) is 182 Å². The second-order valence-electron chi connectivity index (χ2n) is 11.8. The van der Waals surface area contributed by atoms with E-state index in [0.29, 0.717) is 45.6 Å². The molecule has 8 rings (SSSR count). The largest absolute Gasteiger partial charge is 6.00 e. The number of rotatable bonds is 4. The Labute approximate surface area is 331 Å². The average Bonchev–Trinajstić information content (AvgIpc) is 3.75. The number of hydrogen-bond acceptors (Lipinski definition) is 0. The number of amidine groups is 8. The maximum absolute atomic E-state index is 10.3. The normalized spacial score (nSPS) is 15.1. The standard InChI is InChI=1S/2C22H14N5.Ru/c2*23-19(15-9-3-1-4-10-15)25-21-17-13-7-8-14-18(17)22(27-21)26-20(24)16-11-5-2-6-12-16;/h2*1-14H;/q2*-3;+6. The summed E-state index contributed by atoms with van der Waals surface area (Å²) < 4.78 is 0. The minimum Gasteiger partial charge on any atom is -0.464 e. The molecule has 55 heavy (non-hydrogen) atoms. The molecule has 2 aliphatic rings. The molecule has 0 atom stereocenters. The van der Waals surface area contributed by atoms with Crippen LogP contribution < -0.4 is 0 Å². The van der Waals surface area contributed by atoms with Gasteiger partial charge in [0, 0.05) is 11.7 Å². The second-order valence-corrected chi connectivity index (χ2v) is 11.8. The Morgan fingerprint density at radius 3 is 0.673 bits per heavy atom. The zero-order valence-corrected chi connectivity index (χ0v) is 30.7. The van der Waals surface area contributed by atoms with E-state index in [1.54, 1.807) is 48.5 Å². The van der Waals surface area contributed by atoms with E-state index in [4.69, 9.17) is 0 Å². The molecule has 0 bridgehead atoms. The van der Waals surface area contributed by atoms with Crippen molar-refractivity contribution < 1.29 is 19.5 Å². The van der Waals surface area contributed by atoms with Crippen LogP contribution in [0.5, 0.6) is 0 Å². The van der Waals surface area contributed by atoms with Crippen molar-refractivity contribution in [3.8, 4) is 0 Å². The van der Waals surface area contributed by atoms with Crippen LogP contribution in [-0.4, -0.2) is 46.7 Å². The summed E-state index contributed by atoms with van der Waals surface area (Å²) in [6.45, 7) is 0. The zero-order chi connectivity index (χ0) is 37.3. The first-order chi connectivity index (χ1) is 26.4. The Hall–Kier alpha value is -7.10. The quantitative estimate of drug-likeness (QED) is 0.0944. The monoisotopic (exact) mass is 798 g/mol. The van der Waals surface area contributed by atoms with Gasteiger partial charge in [0.1, 0.15) is 0 Å². The van der Waals surface area contributed by atoms with Crippen LogP contribution in [0, 0.1) is 0 Å². The fourth-order valence-corrected chi connectivity index (χ4v) is 5.54. The fourth-order valence-electron chi connectivity index (χ4n) is 5.54. The molecule has 0 aromatic heterocycles. The molecular weight excluding hydrogens is 770 g/mol. The zero-order valence-electron chi connectivity index (χ0n) is 29.0. The van der Waals surface area contributed by atoms with Gasteiger partial charge in [-0.2, -0.15) is 0 Å². The van der Waals surface area contributed by atoms with Gasteiger partial charge in [-0.15, -0.1) is 0 Å². The SMILES string of the molecule is [N-]=C(N=C1[N-]C(=NC(=[N-])c2ccccc2)c2ccccc21)c1ccccc1.[N-]=C(N=C1[N-]C(=NC(=[N-])c2ccccc2)c2ccccc21)c1ccccc1.[Ru+6]. The van der Waals surface area contributed by atoms with Gasteiger partial charge in [0.2, 0.25) is 0 Å². The number of hydrogen-bond donors (Lipinski definition) is 0. The van der Waals surface area contributed by atoms with Crippen molar-refractivity contribution in [3.63, 3.8) is 0 Å². The van der Waals surface area contributed by atoms with Gasteiger partial charge >= 0.3 is 19.5 Å². The Balaban J connectivity index is 0.000000184. The topological polar surface area (TPSA) is 167 Å². The third-order valence-electron chi connectivity index (χ3n) is 8.22. The molecule has 2 heterocycles. The Bertz CT molecular complexity index is 2140. The molecule has 6 aromatic carbocycles. The Kier molecular flexibility index (Phi) is 12.1. The van der Waals surface area contributed by atoms with Crippen LogP contribution >= 0.6 is 0 Å². The molecule has 10 nitrogen and oxygen atoms in total. The van der Waals surface area contributed by atoms with E-state index in [-0.39, 0.29) is 42.8 Å². The molecule has 0 amide bonds. The molecule has 6 aromatic rings. The summed E-state index contributed by atoms with van der Waals surface area (Å²) in [4.78, 5) is 17.1.